The lowest BCUT2D eigenvalue weighted by atomic mass is 9.96. The highest BCUT2D eigenvalue weighted by Crippen LogP contribution is 2.25. The second-order valence-corrected chi connectivity index (χ2v) is 6.41. The van der Waals surface area contributed by atoms with Crippen molar-refractivity contribution in [1.29, 1.82) is 0 Å². The number of hydrogen-bond acceptors (Lipinski definition) is 4. The van der Waals surface area contributed by atoms with Gasteiger partial charge in [0.2, 0.25) is 11.8 Å². The lowest BCUT2D eigenvalue weighted by Gasteiger charge is -2.33. The van der Waals surface area contributed by atoms with Gasteiger partial charge >= 0.3 is 0 Å². The minimum absolute atomic E-state index is 0.0710. The summed E-state index contributed by atoms with van der Waals surface area (Å²) in [6, 6.07) is 0. The molecule has 1 aliphatic heterocycles. The minimum Gasteiger partial charge on any atom is -0.496 e. The first-order valence-electron chi connectivity index (χ1n) is 8.40. The molecule has 6 heteroatoms. The molecular formula is C18H27N3O3. The first-order valence-corrected chi connectivity index (χ1v) is 8.40. The van der Waals surface area contributed by atoms with Crippen LogP contribution in [0.15, 0.2) is 6.20 Å². The lowest BCUT2D eigenvalue weighted by Crippen LogP contribution is -2.45. The summed E-state index contributed by atoms with van der Waals surface area (Å²) in [4.78, 5) is 32.4. The van der Waals surface area contributed by atoms with Crippen molar-refractivity contribution >= 4 is 11.8 Å². The molecule has 1 aromatic heterocycles. The molecule has 1 atom stereocenters. The molecule has 0 aromatic carbocycles. The molecule has 6 nitrogen and oxygen atoms in total. The third-order valence-corrected chi connectivity index (χ3v) is 4.74. The largest absolute Gasteiger partial charge is 0.496 e. The smallest absolute Gasteiger partial charge is 0.227 e. The maximum absolute atomic E-state index is 12.7. The molecule has 1 saturated heterocycles. The summed E-state index contributed by atoms with van der Waals surface area (Å²) in [7, 11) is 3.44. The summed E-state index contributed by atoms with van der Waals surface area (Å²) >= 11 is 0. The third kappa shape index (κ3) is 3.68. The van der Waals surface area contributed by atoms with E-state index in [-0.39, 0.29) is 17.7 Å². The minimum atomic E-state index is -0.125. The summed E-state index contributed by atoms with van der Waals surface area (Å²) < 4.78 is 5.43. The number of aryl methyl sites for hydroxylation is 1. The molecule has 0 saturated carbocycles. The quantitative estimate of drug-likeness (QED) is 0.826. The second-order valence-electron chi connectivity index (χ2n) is 6.41. The van der Waals surface area contributed by atoms with Crippen molar-refractivity contribution in [3.05, 3.63) is 23.0 Å². The van der Waals surface area contributed by atoms with Crippen molar-refractivity contribution in [3.8, 4) is 5.75 Å². The Morgan fingerprint density at radius 1 is 1.46 bits per heavy atom. The van der Waals surface area contributed by atoms with Crippen molar-refractivity contribution in [3.63, 3.8) is 0 Å². The first kappa shape index (κ1) is 18.2. The fraction of sp³-hybridized carbons (Fsp3) is 0.611. The number of piperidine rings is 1. The number of rotatable bonds is 5. The van der Waals surface area contributed by atoms with Gasteiger partial charge in [0.15, 0.2) is 0 Å². The van der Waals surface area contributed by atoms with E-state index in [2.05, 4.69) is 4.98 Å². The number of carbonyl (C=O) groups is 2. The number of aromatic nitrogens is 1. The Kier molecular flexibility index (Phi) is 5.80. The highest BCUT2D eigenvalue weighted by Gasteiger charge is 2.31. The summed E-state index contributed by atoms with van der Waals surface area (Å²) in [6.45, 7) is 7.48. The number of pyridine rings is 1. The number of ether oxygens (including phenoxy) is 1. The zero-order valence-electron chi connectivity index (χ0n) is 15.3. The molecule has 2 rings (SSSR count). The first-order chi connectivity index (χ1) is 11.4. The van der Waals surface area contributed by atoms with Crippen LogP contribution in [0.4, 0.5) is 0 Å². The second kappa shape index (κ2) is 7.64. The summed E-state index contributed by atoms with van der Waals surface area (Å²) in [6.07, 6.45) is 2.85. The molecule has 1 fully saturated rings. The molecular weight excluding hydrogens is 306 g/mol. The third-order valence-electron chi connectivity index (χ3n) is 4.74. The van der Waals surface area contributed by atoms with Crippen molar-refractivity contribution < 1.29 is 14.3 Å². The maximum atomic E-state index is 12.7. The van der Waals surface area contributed by atoms with Gasteiger partial charge in [0.1, 0.15) is 5.75 Å². The Labute approximate surface area is 143 Å². The number of methoxy groups -OCH3 is 1. The van der Waals surface area contributed by atoms with Crippen LogP contribution in [-0.2, 0) is 16.1 Å². The number of hydrogen-bond donors (Lipinski definition) is 0. The number of carbonyl (C=O) groups excluding carboxylic acids is 2. The topological polar surface area (TPSA) is 62.7 Å². The molecule has 0 N–H and O–H groups in total. The molecule has 0 unspecified atom stereocenters. The van der Waals surface area contributed by atoms with Crippen molar-refractivity contribution in [2.75, 3.05) is 27.2 Å². The van der Waals surface area contributed by atoms with E-state index < -0.39 is 0 Å². The predicted molar refractivity (Wildman–Crippen MR) is 91.7 cm³/mol. The molecule has 24 heavy (non-hydrogen) atoms. The summed E-state index contributed by atoms with van der Waals surface area (Å²) in [5.41, 5.74) is 2.79. The van der Waals surface area contributed by atoms with Crippen LogP contribution in [0, 0.1) is 19.8 Å². The molecule has 0 spiro atoms. The van der Waals surface area contributed by atoms with Crippen LogP contribution in [0.5, 0.6) is 5.75 Å². The van der Waals surface area contributed by atoms with Gasteiger partial charge in [0, 0.05) is 43.9 Å². The zero-order chi connectivity index (χ0) is 17.9. The van der Waals surface area contributed by atoms with E-state index in [1.807, 2.05) is 20.8 Å². The van der Waals surface area contributed by atoms with Gasteiger partial charge in [0.25, 0.3) is 0 Å². The van der Waals surface area contributed by atoms with Crippen LogP contribution in [0.3, 0.4) is 0 Å². The SMILES string of the molecule is CCN1C[C@H](C(=O)N(C)Cc2ncc(C)c(OC)c2C)CCC1=O. The molecule has 1 aromatic rings. The highest BCUT2D eigenvalue weighted by molar-refractivity contribution is 5.83. The van der Waals surface area contributed by atoms with Gasteiger partial charge in [-0.25, -0.2) is 0 Å². The molecule has 2 heterocycles. The van der Waals surface area contributed by atoms with Crippen LogP contribution >= 0.6 is 0 Å². The van der Waals surface area contributed by atoms with Gasteiger partial charge in [-0.15, -0.1) is 0 Å². The average molecular weight is 333 g/mol. The molecule has 1 aliphatic rings. The van der Waals surface area contributed by atoms with Crippen molar-refractivity contribution in [1.82, 2.24) is 14.8 Å². The van der Waals surface area contributed by atoms with Crippen LogP contribution in [0.2, 0.25) is 0 Å². The van der Waals surface area contributed by atoms with E-state index in [4.69, 9.17) is 4.74 Å². The standard InChI is InChI=1S/C18H27N3O3/c1-6-21-10-14(7-8-16(21)22)18(23)20(4)11-15-13(3)17(24-5)12(2)9-19-15/h9,14H,6-8,10-11H2,1-5H3/t14-/m1/s1. The van der Waals surface area contributed by atoms with Crippen LogP contribution in [0.1, 0.15) is 36.6 Å². The molecule has 0 bridgehead atoms. The van der Waals surface area contributed by atoms with E-state index in [0.29, 0.717) is 32.5 Å². The molecule has 0 radical (unpaired) electrons. The molecule has 2 amide bonds. The summed E-state index contributed by atoms with van der Waals surface area (Å²) in [5.74, 6) is 0.910. The Morgan fingerprint density at radius 2 is 2.17 bits per heavy atom. The van der Waals surface area contributed by atoms with Gasteiger partial charge in [-0.1, -0.05) is 0 Å². The number of nitrogens with zero attached hydrogens (tertiary/aromatic N) is 3. The summed E-state index contributed by atoms with van der Waals surface area (Å²) in [5, 5.41) is 0. The van der Waals surface area contributed by atoms with Crippen LogP contribution in [-0.4, -0.2) is 53.8 Å². The van der Waals surface area contributed by atoms with Gasteiger partial charge in [-0.05, 0) is 27.2 Å². The van der Waals surface area contributed by atoms with E-state index in [0.717, 1.165) is 22.6 Å². The highest BCUT2D eigenvalue weighted by atomic mass is 16.5. The Morgan fingerprint density at radius 3 is 2.79 bits per heavy atom. The van der Waals surface area contributed by atoms with Crippen molar-refractivity contribution in [2.24, 2.45) is 5.92 Å². The van der Waals surface area contributed by atoms with E-state index in [1.54, 1.807) is 30.2 Å². The Balaban J connectivity index is 2.08. The zero-order valence-corrected chi connectivity index (χ0v) is 15.3. The Hall–Kier alpha value is -2.11. The van der Waals surface area contributed by atoms with E-state index in [1.165, 1.54) is 0 Å². The van der Waals surface area contributed by atoms with Gasteiger partial charge in [0.05, 0.1) is 25.3 Å². The number of likely N-dealkylation sites (tertiary alicyclic amines) is 1. The monoisotopic (exact) mass is 333 g/mol. The van der Waals surface area contributed by atoms with Gasteiger partial charge in [-0.3, -0.25) is 14.6 Å². The maximum Gasteiger partial charge on any atom is 0.227 e. The fourth-order valence-electron chi connectivity index (χ4n) is 3.27. The van der Waals surface area contributed by atoms with E-state index in [9.17, 15) is 9.59 Å². The Bertz CT molecular complexity index is 630. The van der Waals surface area contributed by atoms with Crippen LogP contribution < -0.4 is 4.74 Å². The lowest BCUT2D eigenvalue weighted by molar-refractivity contribution is -0.142. The molecule has 0 aliphatic carbocycles. The van der Waals surface area contributed by atoms with Crippen molar-refractivity contribution in [2.45, 2.75) is 40.2 Å². The van der Waals surface area contributed by atoms with Crippen LogP contribution in [0.25, 0.3) is 0 Å². The predicted octanol–water partition coefficient (Wildman–Crippen LogP) is 1.92. The van der Waals surface area contributed by atoms with Gasteiger partial charge < -0.3 is 14.5 Å². The molecule has 132 valence electrons. The number of amides is 2. The van der Waals surface area contributed by atoms with Gasteiger partial charge in [-0.2, -0.15) is 0 Å². The van der Waals surface area contributed by atoms with E-state index >= 15 is 0 Å². The average Bonchev–Trinajstić information content (AvgIpc) is 2.57. The fourth-order valence-corrected chi connectivity index (χ4v) is 3.27. The normalized spacial score (nSPS) is 17.8.